The number of aromatic nitrogens is 5. The molecule has 0 unspecified atom stereocenters. The van der Waals surface area contributed by atoms with Gasteiger partial charge in [-0.2, -0.15) is 5.10 Å². The average Bonchev–Trinajstić information content (AvgIpc) is 3.90. The first-order valence-corrected chi connectivity index (χ1v) is 22.0. The van der Waals surface area contributed by atoms with Crippen LogP contribution in [0.1, 0.15) is 5.56 Å². The molecular formula is C61H38IrN5. The third-order valence-electron chi connectivity index (χ3n) is 12.5. The Morgan fingerprint density at radius 2 is 0.896 bits per heavy atom. The van der Waals surface area contributed by atoms with Crippen LogP contribution in [0.3, 0.4) is 0 Å². The minimum absolute atomic E-state index is 0. The van der Waals surface area contributed by atoms with E-state index in [0.29, 0.717) is 0 Å². The van der Waals surface area contributed by atoms with E-state index in [4.69, 9.17) is 20.1 Å². The quantitative estimate of drug-likeness (QED) is 0.112. The monoisotopic (exact) mass is 1030 g/mol. The topological polar surface area (TPSA) is 56.0 Å². The summed E-state index contributed by atoms with van der Waals surface area (Å²) in [6.45, 7) is 2.11. The number of aryl methyl sites for hydroxylation is 1. The molecule has 0 amide bonds. The molecule has 316 valence electrons. The van der Waals surface area contributed by atoms with Gasteiger partial charge in [-0.15, -0.1) is 95.6 Å². The maximum Gasteiger partial charge on any atom is 3.00 e. The second-order valence-electron chi connectivity index (χ2n) is 16.5. The van der Waals surface area contributed by atoms with Crippen molar-refractivity contribution in [2.75, 3.05) is 0 Å². The number of nitrogens with zero attached hydrogens (tertiary/aromatic N) is 5. The van der Waals surface area contributed by atoms with Crippen molar-refractivity contribution in [3.05, 3.63) is 237 Å². The number of benzene rings is 7. The van der Waals surface area contributed by atoms with E-state index in [0.717, 1.165) is 122 Å². The van der Waals surface area contributed by atoms with Crippen molar-refractivity contribution in [3.8, 4) is 89.3 Å². The van der Waals surface area contributed by atoms with Gasteiger partial charge in [-0.3, -0.25) is 4.52 Å². The smallest absolute Gasteiger partial charge is 0.304 e. The molecule has 0 bridgehead atoms. The van der Waals surface area contributed by atoms with E-state index in [1.165, 1.54) is 0 Å². The third kappa shape index (κ3) is 7.62. The minimum atomic E-state index is 0. The van der Waals surface area contributed by atoms with Gasteiger partial charge in [-0.25, -0.2) is 0 Å². The van der Waals surface area contributed by atoms with Gasteiger partial charge >= 0.3 is 20.1 Å². The summed E-state index contributed by atoms with van der Waals surface area (Å²) in [5, 5.41) is 6.74. The fourth-order valence-corrected chi connectivity index (χ4v) is 9.32. The summed E-state index contributed by atoms with van der Waals surface area (Å²) in [5.74, 6) is 0. The van der Waals surface area contributed by atoms with Crippen LogP contribution in [-0.2, 0) is 20.1 Å². The molecular weight excluding hydrogens is 995 g/mol. The summed E-state index contributed by atoms with van der Waals surface area (Å²) in [6.07, 6.45) is 7.82. The predicted octanol–water partition coefficient (Wildman–Crippen LogP) is 14.9. The second-order valence-corrected chi connectivity index (χ2v) is 16.5. The maximum absolute atomic E-state index is 5.17. The first-order valence-electron chi connectivity index (χ1n) is 22.0. The van der Waals surface area contributed by atoms with E-state index in [1.54, 1.807) is 0 Å². The van der Waals surface area contributed by atoms with Gasteiger partial charge in [0.2, 0.25) is 0 Å². The average molecular weight is 1030 g/mol. The van der Waals surface area contributed by atoms with E-state index in [1.807, 2.05) is 83.9 Å². The summed E-state index contributed by atoms with van der Waals surface area (Å²) in [5.41, 5.74) is 20.7. The van der Waals surface area contributed by atoms with Crippen LogP contribution < -0.4 is 0 Å². The molecule has 0 spiro atoms. The van der Waals surface area contributed by atoms with Crippen LogP contribution in [0.15, 0.2) is 213 Å². The Morgan fingerprint density at radius 1 is 0.418 bits per heavy atom. The molecule has 5 nitrogen and oxygen atoms in total. The van der Waals surface area contributed by atoms with Crippen LogP contribution >= 0.6 is 0 Å². The molecule has 6 heteroatoms. The second kappa shape index (κ2) is 17.7. The Kier molecular flexibility index (Phi) is 11.0. The van der Waals surface area contributed by atoms with Crippen molar-refractivity contribution < 1.29 is 20.1 Å². The largest absolute Gasteiger partial charge is 3.00 e. The molecule has 12 rings (SSSR count). The van der Waals surface area contributed by atoms with Gasteiger partial charge in [-0.05, 0) is 119 Å². The molecule has 0 fully saturated rings. The molecule has 67 heavy (non-hydrogen) atoms. The van der Waals surface area contributed by atoms with Crippen molar-refractivity contribution in [1.82, 2.24) is 24.6 Å². The number of fused-ring (bicyclic) bond motifs is 6. The first kappa shape index (κ1) is 41.5. The van der Waals surface area contributed by atoms with Crippen LogP contribution in [0.25, 0.3) is 117 Å². The van der Waals surface area contributed by atoms with Crippen LogP contribution in [0, 0.1) is 25.1 Å². The summed E-state index contributed by atoms with van der Waals surface area (Å²) in [4.78, 5) is 15.0. The van der Waals surface area contributed by atoms with Gasteiger partial charge in [0.25, 0.3) is 0 Å². The van der Waals surface area contributed by atoms with Crippen molar-refractivity contribution in [2.24, 2.45) is 0 Å². The Bertz CT molecular complexity index is 3610. The normalized spacial score (nSPS) is 11.2. The van der Waals surface area contributed by atoms with Gasteiger partial charge in [-0.1, -0.05) is 115 Å². The Balaban J connectivity index is 0.00000494. The molecule has 5 heterocycles. The zero-order valence-corrected chi connectivity index (χ0v) is 38.7. The predicted molar refractivity (Wildman–Crippen MR) is 268 cm³/mol. The molecule has 0 aliphatic heterocycles. The van der Waals surface area contributed by atoms with Crippen molar-refractivity contribution in [1.29, 1.82) is 0 Å². The summed E-state index contributed by atoms with van der Waals surface area (Å²) in [7, 11) is 0. The van der Waals surface area contributed by atoms with Crippen LogP contribution in [0.2, 0.25) is 0 Å². The van der Waals surface area contributed by atoms with Gasteiger partial charge in [0.15, 0.2) is 0 Å². The van der Waals surface area contributed by atoms with E-state index in [9.17, 15) is 0 Å². The number of hydrogen-bond donors (Lipinski definition) is 0. The van der Waals surface area contributed by atoms with Gasteiger partial charge in [0.1, 0.15) is 0 Å². The number of hydrogen-bond acceptors (Lipinski definition) is 4. The van der Waals surface area contributed by atoms with Crippen LogP contribution in [0.5, 0.6) is 0 Å². The van der Waals surface area contributed by atoms with Crippen molar-refractivity contribution in [3.63, 3.8) is 0 Å². The fraction of sp³-hybridized carbons (Fsp3) is 0.0164. The number of rotatable bonds is 8. The van der Waals surface area contributed by atoms with E-state index < -0.39 is 0 Å². The molecule has 0 aliphatic carbocycles. The minimum Gasteiger partial charge on any atom is -0.304 e. The van der Waals surface area contributed by atoms with Crippen LogP contribution in [-0.4, -0.2) is 24.6 Å². The molecule has 0 saturated carbocycles. The summed E-state index contributed by atoms with van der Waals surface area (Å²) >= 11 is 0. The Hall–Kier alpha value is -8.15. The number of pyridine rings is 4. The summed E-state index contributed by atoms with van der Waals surface area (Å²) in [6, 6.07) is 75.7. The van der Waals surface area contributed by atoms with Gasteiger partial charge < -0.3 is 15.0 Å². The van der Waals surface area contributed by atoms with Crippen molar-refractivity contribution >= 4 is 27.3 Å². The Labute approximate surface area is 402 Å². The molecule has 0 atom stereocenters. The molecule has 0 aliphatic rings. The van der Waals surface area contributed by atoms with Crippen LogP contribution in [0.4, 0.5) is 0 Å². The first-order chi connectivity index (χ1) is 32.6. The summed E-state index contributed by atoms with van der Waals surface area (Å²) < 4.78 is 2.03. The molecule has 12 aromatic rings. The molecule has 7 aromatic carbocycles. The zero-order valence-electron chi connectivity index (χ0n) is 36.3. The third-order valence-corrected chi connectivity index (χ3v) is 12.5. The van der Waals surface area contributed by atoms with Crippen molar-refractivity contribution in [2.45, 2.75) is 6.92 Å². The molecule has 0 saturated heterocycles. The maximum atomic E-state index is 5.17. The van der Waals surface area contributed by atoms with Gasteiger partial charge in [0, 0.05) is 24.8 Å². The SMILES string of the molecule is Cc1cc[c-]c2c3ncc(-c4ccccc4-c4cc(-c5ccccc5-c5ccc(-c6[c-]cccc6)nc5)cc(-c5ccccc5-c5ccc(-c6[c-]cccc6)nc5)c4)cc3c3ccnn3c12.[Ir+3]. The molecule has 0 radical (unpaired) electrons. The molecule has 5 aromatic heterocycles. The van der Waals surface area contributed by atoms with E-state index in [2.05, 4.69) is 159 Å². The van der Waals surface area contributed by atoms with E-state index in [-0.39, 0.29) is 20.1 Å². The molecule has 0 N–H and O–H groups in total. The van der Waals surface area contributed by atoms with E-state index >= 15 is 0 Å². The Morgan fingerprint density at radius 3 is 1.37 bits per heavy atom. The zero-order chi connectivity index (χ0) is 44.0. The van der Waals surface area contributed by atoms with Gasteiger partial charge in [0.05, 0.1) is 5.52 Å². The fourth-order valence-electron chi connectivity index (χ4n) is 9.32. The standard InChI is InChI=1S/C61H38N5.Ir/c1-40-15-14-26-55-60-56(59-31-32-65-66(59)61(40)55)36-48(39-64-60)54-25-13-12-24-53(54)47-34-45(51-22-10-8-20-49(51)43-27-29-57(62-37-43)41-16-4-2-5-17-41)33-46(35-47)52-23-11-9-21-50(52)44-28-30-58(63-38-44)42-18-6-3-7-19-42;/h2-16,18,20-25,27-39H,1H3;/q-3;+3.